The molecule has 1 heteroatoms. The molecule has 0 heterocycles. The van der Waals surface area contributed by atoms with E-state index in [-0.39, 0.29) is 11.5 Å². The summed E-state index contributed by atoms with van der Waals surface area (Å²) in [6.45, 7) is 9.60. The number of hydrogen-bond acceptors (Lipinski definition) is 1. The monoisotopic (exact) mass is 222 g/mol. The van der Waals surface area contributed by atoms with Gasteiger partial charge in [-0.25, -0.2) is 0 Å². The van der Waals surface area contributed by atoms with Crippen molar-refractivity contribution in [3.8, 4) is 0 Å². The second-order valence-electron chi connectivity index (χ2n) is 7.79. The molecular weight excluding hydrogens is 196 g/mol. The van der Waals surface area contributed by atoms with Crippen molar-refractivity contribution in [1.29, 1.82) is 0 Å². The maximum atomic E-state index is 10.8. The zero-order valence-corrected chi connectivity index (χ0v) is 11.2. The Kier molecular flexibility index (Phi) is 1.98. The van der Waals surface area contributed by atoms with Crippen LogP contribution in [0, 0.1) is 28.1 Å². The molecule has 1 N–H and O–H groups in total. The van der Waals surface area contributed by atoms with Crippen molar-refractivity contribution in [1.82, 2.24) is 0 Å². The summed E-state index contributed by atoms with van der Waals surface area (Å²) in [5.74, 6) is 1.34. The minimum absolute atomic E-state index is 0.0495. The number of rotatable bonds is 0. The van der Waals surface area contributed by atoms with Gasteiger partial charge in [0.25, 0.3) is 0 Å². The lowest BCUT2D eigenvalue weighted by Gasteiger charge is -2.44. The van der Waals surface area contributed by atoms with E-state index in [9.17, 15) is 5.11 Å². The van der Waals surface area contributed by atoms with E-state index in [0.29, 0.717) is 16.7 Å². The third-order valence-corrected chi connectivity index (χ3v) is 6.94. The van der Waals surface area contributed by atoms with Crippen molar-refractivity contribution in [2.24, 2.45) is 28.1 Å². The van der Waals surface area contributed by atoms with Crippen LogP contribution in [0.5, 0.6) is 0 Å². The second kappa shape index (κ2) is 2.85. The average Bonchev–Trinajstić information content (AvgIpc) is 2.47. The zero-order valence-electron chi connectivity index (χ0n) is 11.2. The number of aliphatic hydroxyl groups excluding tert-OH is 1. The van der Waals surface area contributed by atoms with Crippen LogP contribution in [-0.4, -0.2) is 11.2 Å². The minimum Gasteiger partial charge on any atom is -0.392 e. The molecule has 0 spiro atoms. The van der Waals surface area contributed by atoms with Crippen molar-refractivity contribution >= 4 is 0 Å². The molecule has 16 heavy (non-hydrogen) atoms. The molecule has 3 aliphatic rings. The van der Waals surface area contributed by atoms with Crippen LogP contribution in [0.4, 0.5) is 0 Å². The second-order valence-corrected chi connectivity index (χ2v) is 7.79. The molecule has 0 radical (unpaired) electrons. The van der Waals surface area contributed by atoms with E-state index < -0.39 is 0 Å². The van der Waals surface area contributed by atoms with Crippen LogP contribution in [-0.2, 0) is 0 Å². The van der Waals surface area contributed by atoms with Gasteiger partial charge in [-0.2, -0.15) is 0 Å². The van der Waals surface area contributed by atoms with E-state index >= 15 is 0 Å². The highest BCUT2D eigenvalue weighted by Gasteiger charge is 2.70. The summed E-state index contributed by atoms with van der Waals surface area (Å²) in [6, 6.07) is 0. The van der Waals surface area contributed by atoms with E-state index in [0.717, 1.165) is 5.92 Å². The van der Waals surface area contributed by atoms with Gasteiger partial charge in [0.15, 0.2) is 0 Å². The first kappa shape index (κ1) is 11.1. The summed E-state index contributed by atoms with van der Waals surface area (Å²) in [7, 11) is 0. The Morgan fingerprint density at radius 3 is 2.31 bits per heavy atom. The van der Waals surface area contributed by atoms with Gasteiger partial charge >= 0.3 is 0 Å². The minimum atomic E-state index is -0.0495. The van der Waals surface area contributed by atoms with E-state index in [1.165, 1.54) is 32.1 Å². The van der Waals surface area contributed by atoms with E-state index in [1.807, 2.05) is 0 Å². The van der Waals surface area contributed by atoms with Gasteiger partial charge < -0.3 is 5.11 Å². The molecule has 4 unspecified atom stereocenters. The Labute approximate surface area is 99.6 Å². The van der Waals surface area contributed by atoms with Crippen LogP contribution in [0.1, 0.15) is 59.8 Å². The molecule has 1 nitrogen and oxygen atoms in total. The maximum absolute atomic E-state index is 10.8. The molecule has 0 aromatic carbocycles. The smallest absolute Gasteiger partial charge is 0.0635 e. The molecule has 0 aliphatic heterocycles. The van der Waals surface area contributed by atoms with Crippen molar-refractivity contribution in [3.63, 3.8) is 0 Å². The highest BCUT2D eigenvalue weighted by atomic mass is 16.3. The van der Waals surface area contributed by atoms with Gasteiger partial charge in [-0.3, -0.25) is 0 Å². The fourth-order valence-electron chi connectivity index (χ4n) is 5.68. The molecule has 3 aliphatic carbocycles. The average molecular weight is 222 g/mol. The Hall–Kier alpha value is -0.0400. The van der Waals surface area contributed by atoms with Gasteiger partial charge in [-0.05, 0) is 53.8 Å². The van der Waals surface area contributed by atoms with Crippen LogP contribution in [0.15, 0.2) is 0 Å². The van der Waals surface area contributed by atoms with Crippen LogP contribution in [0.25, 0.3) is 0 Å². The lowest BCUT2D eigenvalue weighted by Crippen LogP contribution is -2.43. The normalized spacial score (nSPS) is 58.7. The molecule has 3 saturated carbocycles. The van der Waals surface area contributed by atoms with Crippen molar-refractivity contribution in [2.75, 3.05) is 0 Å². The molecule has 0 amide bonds. The molecule has 3 fully saturated rings. The molecule has 92 valence electrons. The Morgan fingerprint density at radius 1 is 0.938 bits per heavy atom. The number of aliphatic hydroxyl groups is 1. The Morgan fingerprint density at radius 2 is 1.62 bits per heavy atom. The SMILES string of the molecule is CC1(C)CCCC2(C)C3CCC2(C)[C@@H](O)C31. The Balaban J connectivity index is 2.12. The van der Waals surface area contributed by atoms with E-state index in [4.69, 9.17) is 0 Å². The van der Waals surface area contributed by atoms with E-state index in [1.54, 1.807) is 0 Å². The molecule has 0 saturated heterocycles. The molecule has 0 aromatic heterocycles. The molecule has 0 aromatic rings. The highest BCUT2D eigenvalue weighted by Crippen LogP contribution is 2.74. The zero-order chi connectivity index (χ0) is 11.8. The first-order chi connectivity index (χ1) is 7.33. The lowest BCUT2D eigenvalue weighted by atomic mass is 9.63. The summed E-state index contributed by atoms with van der Waals surface area (Å²) >= 11 is 0. The van der Waals surface area contributed by atoms with Crippen molar-refractivity contribution < 1.29 is 5.11 Å². The van der Waals surface area contributed by atoms with Gasteiger partial charge in [-0.1, -0.05) is 34.1 Å². The molecule has 4 bridgehead atoms. The van der Waals surface area contributed by atoms with E-state index in [2.05, 4.69) is 27.7 Å². The van der Waals surface area contributed by atoms with Crippen molar-refractivity contribution in [3.05, 3.63) is 0 Å². The summed E-state index contributed by atoms with van der Waals surface area (Å²) < 4.78 is 0. The highest BCUT2D eigenvalue weighted by molar-refractivity contribution is 5.19. The van der Waals surface area contributed by atoms with Gasteiger partial charge in [-0.15, -0.1) is 0 Å². The third kappa shape index (κ3) is 0.978. The lowest BCUT2D eigenvalue weighted by molar-refractivity contribution is -0.0578. The number of hydrogen-bond donors (Lipinski definition) is 1. The summed E-state index contributed by atoms with van der Waals surface area (Å²) in [5.41, 5.74) is 0.977. The summed E-state index contributed by atoms with van der Waals surface area (Å²) in [6.07, 6.45) is 6.56. The van der Waals surface area contributed by atoms with Crippen LogP contribution in [0.3, 0.4) is 0 Å². The van der Waals surface area contributed by atoms with Crippen LogP contribution >= 0.6 is 0 Å². The first-order valence-corrected chi connectivity index (χ1v) is 7.01. The van der Waals surface area contributed by atoms with Gasteiger partial charge in [0.1, 0.15) is 0 Å². The Bertz CT molecular complexity index is 321. The van der Waals surface area contributed by atoms with Crippen molar-refractivity contribution in [2.45, 2.75) is 65.9 Å². The topological polar surface area (TPSA) is 20.2 Å². The fraction of sp³-hybridized carbons (Fsp3) is 1.00. The standard InChI is InChI=1S/C15H26O/c1-13(2)7-5-8-14(3)10-6-9-15(14,4)12(16)11(10)13/h10-12,16H,5-9H2,1-4H3/t10?,11?,12-,14?,15?/m0/s1. The van der Waals surface area contributed by atoms with Gasteiger partial charge in [0.2, 0.25) is 0 Å². The first-order valence-electron chi connectivity index (χ1n) is 7.01. The molecule has 5 atom stereocenters. The predicted octanol–water partition coefficient (Wildman–Crippen LogP) is 3.61. The maximum Gasteiger partial charge on any atom is 0.0635 e. The van der Waals surface area contributed by atoms with Gasteiger partial charge in [0.05, 0.1) is 6.10 Å². The largest absolute Gasteiger partial charge is 0.392 e. The predicted molar refractivity (Wildman–Crippen MR) is 66.1 cm³/mol. The van der Waals surface area contributed by atoms with Crippen LogP contribution in [0.2, 0.25) is 0 Å². The summed E-state index contributed by atoms with van der Waals surface area (Å²) in [4.78, 5) is 0. The quantitative estimate of drug-likeness (QED) is 0.664. The van der Waals surface area contributed by atoms with Gasteiger partial charge in [0, 0.05) is 0 Å². The van der Waals surface area contributed by atoms with Crippen LogP contribution < -0.4 is 0 Å². The third-order valence-electron chi connectivity index (χ3n) is 6.94. The summed E-state index contributed by atoms with van der Waals surface area (Å²) in [5, 5.41) is 10.8. The molecule has 3 rings (SSSR count). The fourth-order valence-corrected chi connectivity index (χ4v) is 5.68. The molecular formula is C15H26O.